The van der Waals surface area contributed by atoms with Crippen molar-refractivity contribution in [3.63, 3.8) is 0 Å². The number of aliphatic hydroxyl groups excluding tert-OH is 2. The molecule has 3 N–H and O–H groups in total. The SMILES string of the molecule is CCCCCCCCCCCC/C=C/C(O)C(CO)NC(=O)CCCCCCCCCCCCCCCCCCC/C=C\CCCCCCCCCCCCCCCC. The number of unbranched alkanes of at least 4 members (excludes halogenated alkanes) is 41. The minimum atomic E-state index is -0.835. The molecule has 0 bridgehead atoms. The van der Waals surface area contributed by atoms with E-state index >= 15 is 0 Å². The summed E-state index contributed by atoms with van der Waals surface area (Å²) in [5.74, 6) is -0.0603. The Hall–Kier alpha value is -1.13. The van der Waals surface area contributed by atoms with Crippen LogP contribution in [0.5, 0.6) is 0 Å². The Morgan fingerprint density at radius 2 is 0.644 bits per heavy atom. The highest BCUT2D eigenvalue weighted by atomic mass is 16.3. The second-order valence-electron chi connectivity index (χ2n) is 18.7. The lowest BCUT2D eigenvalue weighted by Gasteiger charge is -2.20. The number of hydrogen-bond acceptors (Lipinski definition) is 3. The smallest absolute Gasteiger partial charge is 0.220 e. The molecule has 59 heavy (non-hydrogen) atoms. The number of carbonyl (C=O) groups excluding carboxylic acids is 1. The highest BCUT2D eigenvalue weighted by Gasteiger charge is 2.18. The Morgan fingerprint density at radius 1 is 0.390 bits per heavy atom. The van der Waals surface area contributed by atoms with Crippen LogP contribution in [0.15, 0.2) is 24.3 Å². The van der Waals surface area contributed by atoms with Crippen LogP contribution in [-0.4, -0.2) is 34.9 Å². The summed E-state index contributed by atoms with van der Waals surface area (Å²) < 4.78 is 0. The topological polar surface area (TPSA) is 69.6 Å². The molecule has 0 heterocycles. The molecule has 350 valence electrons. The average molecular weight is 830 g/mol. The molecule has 4 nitrogen and oxygen atoms in total. The maximum absolute atomic E-state index is 12.4. The minimum Gasteiger partial charge on any atom is -0.394 e. The second-order valence-corrected chi connectivity index (χ2v) is 18.7. The quantitative estimate of drug-likeness (QED) is 0.0422. The Morgan fingerprint density at radius 3 is 0.932 bits per heavy atom. The number of carbonyl (C=O) groups is 1. The molecule has 0 saturated heterocycles. The molecule has 0 aliphatic carbocycles. The van der Waals surface area contributed by atoms with E-state index in [-0.39, 0.29) is 12.5 Å². The zero-order chi connectivity index (χ0) is 42.8. The van der Waals surface area contributed by atoms with E-state index in [0.29, 0.717) is 6.42 Å². The van der Waals surface area contributed by atoms with Gasteiger partial charge in [0.2, 0.25) is 5.91 Å². The number of hydrogen-bond donors (Lipinski definition) is 3. The number of allylic oxidation sites excluding steroid dienone is 3. The Bertz CT molecular complexity index is 855. The molecule has 0 aromatic heterocycles. The molecule has 0 saturated carbocycles. The summed E-state index contributed by atoms with van der Waals surface area (Å²) in [6, 6.07) is -0.618. The van der Waals surface area contributed by atoms with Gasteiger partial charge in [-0.3, -0.25) is 4.79 Å². The molecule has 0 fully saturated rings. The molecule has 0 radical (unpaired) electrons. The van der Waals surface area contributed by atoms with Crippen molar-refractivity contribution in [1.29, 1.82) is 0 Å². The molecular weight excluding hydrogens is 723 g/mol. The van der Waals surface area contributed by atoms with Gasteiger partial charge in [0.1, 0.15) is 0 Å². The third-order valence-corrected chi connectivity index (χ3v) is 12.7. The first-order valence-corrected chi connectivity index (χ1v) is 27.1. The fourth-order valence-electron chi connectivity index (χ4n) is 8.53. The lowest BCUT2D eigenvalue weighted by molar-refractivity contribution is -0.123. The van der Waals surface area contributed by atoms with E-state index < -0.39 is 12.1 Å². The van der Waals surface area contributed by atoms with Crippen molar-refractivity contribution in [2.24, 2.45) is 0 Å². The van der Waals surface area contributed by atoms with Gasteiger partial charge < -0.3 is 15.5 Å². The molecule has 0 aliphatic heterocycles. The molecule has 0 aromatic carbocycles. The van der Waals surface area contributed by atoms with Crippen molar-refractivity contribution >= 4 is 5.91 Å². The van der Waals surface area contributed by atoms with Crippen molar-refractivity contribution in [2.75, 3.05) is 6.61 Å². The first-order chi connectivity index (χ1) is 29.2. The summed E-state index contributed by atoms with van der Waals surface area (Å²) in [6.45, 7) is 4.32. The molecule has 0 spiro atoms. The summed E-state index contributed by atoms with van der Waals surface area (Å²) >= 11 is 0. The van der Waals surface area contributed by atoms with Gasteiger partial charge in [0.05, 0.1) is 18.8 Å². The summed E-state index contributed by atoms with van der Waals surface area (Å²) in [5.41, 5.74) is 0. The van der Waals surface area contributed by atoms with Crippen LogP contribution >= 0.6 is 0 Å². The van der Waals surface area contributed by atoms with Gasteiger partial charge in [0, 0.05) is 6.42 Å². The molecule has 4 heteroatoms. The summed E-state index contributed by atoms with van der Waals surface area (Å²) in [6.07, 6.45) is 67.8. The molecule has 0 rings (SSSR count). The first-order valence-electron chi connectivity index (χ1n) is 27.1. The van der Waals surface area contributed by atoms with E-state index in [1.165, 1.54) is 257 Å². The van der Waals surface area contributed by atoms with Crippen LogP contribution in [0.1, 0.15) is 303 Å². The predicted molar refractivity (Wildman–Crippen MR) is 262 cm³/mol. The van der Waals surface area contributed by atoms with Gasteiger partial charge in [-0.05, 0) is 44.9 Å². The summed E-state index contributed by atoms with van der Waals surface area (Å²) in [7, 11) is 0. The lowest BCUT2D eigenvalue weighted by Crippen LogP contribution is -2.45. The fourth-order valence-corrected chi connectivity index (χ4v) is 8.53. The van der Waals surface area contributed by atoms with Crippen molar-refractivity contribution in [2.45, 2.75) is 315 Å². The normalized spacial score (nSPS) is 12.9. The van der Waals surface area contributed by atoms with Crippen LogP contribution < -0.4 is 5.32 Å². The van der Waals surface area contributed by atoms with Crippen LogP contribution in [-0.2, 0) is 4.79 Å². The van der Waals surface area contributed by atoms with E-state index in [0.717, 1.165) is 25.7 Å². The molecule has 1 amide bonds. The third kappa shape index (κ3) is 47.8. The van der Waals surface area contributed by atoms with Crippen LogP contribution in [0.2, 0.25) is 0 Å². The van der Waals surface area contributed by atoms with Gasteiger partial charge in [0.25, 0.3) is 0 Å². The number of amides is 1. The number of rotatable bonds is 50. The zero-order valence-corrected chi connectivity index (χ0v) is 40.3. The third-order valence-electron chi connectivity index (χ3n) is 12.7. The zero-order valence-electron chi connectivity index (χ0n) is 40.3. The number of aliphatic hydroxyl groups is 2. The van der Waals surface area contributed by atoms with Gasteiger partial charge in [-0.2, -0.15) is 0 Å². The standard InChI is InChI=1S/C55H107NO3/c1-3-5-7-9-11-13-15-17-18-19-20-21-22-23-24-25-26-27-28-29-30-31-32-33-34-35-36-37-38-39-41-43-45-47-49-51-55(59)56-53(52-57)54(58)50-48-46-44-42-40-16-14-12-10-8-6-4-2/h25-26,48,50,53-54,57-58H,3-24,27-47,49,51-52H2,1-2H3,(H,56,59)/b26-25-,50-48+. The van der Waals surface area contributed by atoms with Crippen LogP contribution in [0.4, 0.5) is 0 Å². The van der Waals surface area contributed by atoms with E-state index in [1.54, 1.807) is 6.08 Å². The van der Waals surface area contributed by atoms with E-state index in [9.17, 15) is 15.0 Å². The second kappa shape index (κ2) is 51.2. The maximum Gasteiger partial charge on any atom is 0.220 e. The summed E-state index contributed by atoms with van der Waals surface area (Å²) in [5, 5.41) is 23.0. The Labute approximate surface area is 370 Å². The van der Waals surface area contributed by atoms with Gasteiger partial charge in [0.15, 0.2) is 0 Å². The van der Waals surface area contributed by atoms with Crippen molar-refractivity contribution in [3.05, 3.63) is 24.3 Å². The Balaban J connectivity index is 3.39. The molecule has 2 unspecified atom stereocenters. The lowest BCUT2D eigenvalue weighted by atomic mass is 10.0. The fraction of sp³-hybridized carbons (Fsp3) is 0.909. The predicted octanol–water partition coefficient (Wildman–Crippen LogP) is 17.5. The van der Waals surface area contributed by atoms with E-state index in [2.05, 4.69) is 31.3 Å². The van der Waals surface area contributed by atoms with Crippen molar-refractivity contribution in [3.8, 4) is 0 Å². The highest BCUT2D eigenvalue weighted by Crippen LogP contribution is 2.17. The summed E-state index contributed by atoms with van der Waals surface area (Å²) in [4.78, 5) is 12.4. The van der Waals surface area contributed by atoms with Crippen molar-refractivity contribution < 1.29 is 15.0 Å². The minimum absolute atomic E-state index is 0.0603. The van der Waals surface area contributed by atoms with Gasteiger partial charge >= 0.3 is 0 Å². The highest BCUT2D eigenvalue weighted by molar-refractivity contribution is 5.76. The van der Waals surface area contributed by atoms with E-state index in [1.807, 2.05) is 6.08 Å². The van der Waals surface area contributed by atoms with Gasteiger partial charge in [-0.1, -0.05) is 276 Å². The van der Waals surface area contributed by atoms with Crippen LogP contribution in [0.3, 0.4) is 0 Å². The Kier molecular flexibility index (Phi) is 50.2. The average Bonchev–Trinajstić information content (AvgIpc) is 3.24. The van der Waals surface area contributed by atoms with Crippen LogP contribution in [0.25, 0.3) is 0 Å². The maximum atomic E-state index is 12.4. The first kappa shape index (κ1) is 57.9. The molecule has 2 atom stereocenters. The van der Waals surface area contributed by atoms with Crippen molar-refractivity contribution in [1.82, 2.24) is 5.32 Å². The number of nitrogens with one attached hydrogen (secondary N) is 1. The van der Waals surface area contributed by atoms with Gasteiger partial charge in [-0.25, -0.2) is 0 Å². The monoisotopic (exact) mass is 830 g/mol. The molecular formula is C55H107NO3. The molecule has 0 aliphatic rings. The van der Waals surface area contributed by atoms with E-state index in [4.69, 9.17) is 0 Å². The largest absolute Gasteiger partial charge is 0.394 e. The van der Waals surface area contributed by atoms with Crippen LogP contribution in [0, 0.1) is 0 Å². The molecule has 0 aromatic rings. The van der Waals surface area contributed by atoms with Gasteiger partial charge in [-0.15, -0.1) is 0 Å².